The maximum absolute atomic E-state index is 5.64. The maximum atomic E-state index is 5.64. The fraction of sp³-hybridized carbons (Fsp3) is 0.760. The predicted molar refractivity (Wildman–Crippen MR) is 119 cm³/mol. The molecule has 0 radical (unpaired) electrons. The standard InChI is InChI=1S/C25H44N2/c1-5-17-25(4,19-22-15-13-20(2)14-16-22)24-12-9-11-23(27-24)21(3)10-7-6-8-18-26/h13-16,21,23-24,27H,5-12,17-19,26H2,1-4H3. The van der Waals surface area contributed by atoms with Crippen molar-refractivity contribution < 1.29 is 0 Å². The normalized spacial score (nSPS) is 23.7. The summed E-state index contributed by atoms with van der Waals surface area (Å²) in [5, 5.41) is 4.13. The van der Waals surface area contributed by atoms with Crippen LogP contribution in [-0.4, -0.2) is 18.6 Å². The number of rotatable bonds is 11. The molecule has 1 aliphatic heterocycles. The maximum Gasteiger partial charge on any atom is 0.0127 e. The van der Waals surface area contributed by atoms with Crippen LogP contribution >= 0.6 is 0 Å². The second-order valence-corrected chi connectivity index (χ2v) is 9.44. The van der Waals surface area contributed by atoms with E-state index in [9.17, 15) is 0 Å². The molecule has 27 heavy (non-hydrogen) atoms. The first kappa shape index (κ1) is 22.4. The van der Waals surface area contributed by atoms with Gasteiger partial charge in [0.25, 0.3) is 0 Å². The molecule has 0 bridgehead atoms. The highest BCUT2D eigenvalue weighted by atomic mass is 15.0. The number of benzene rings is 1. The molecule has 3 N–H and O–H groups in total. The third-order valence-corrected chi connectivity index (χ3v) is 6.86. The van der Waals surface area contributed by atoms with Gasteiger partial charge in [-0.1, -0.05) is 76.3 Å². The van der Waals surface area contributed by atoms with Crippen LogP contribution in [0.3, 0.4) is 0 Å². The molecule has 0 aromatic heterocycles. The van der Waals surface area contributed by atoms with Gasteiger partial charge in [-0.15, -0.1) is 0 Å². The molecule has 2 nitrogen and oxygen atoms in total. The van der Waals surface area contributed by atoms with Gasteiger partial charge in [-0.05, 0) is 68.9 Å². The number of aryl methyl sites for hydroxylation is 1. The van der Waals surface area contributed by atoms with E-state index in [0.29, 0.717) is 17.5 Å². The Kier molecular flexibility index (Phi) is 9.32. The van der Waals surface area contributed by atoms with E-state index < -0.39 is 0 Å². The lowest BCUT2D eigenvalue weighted by Crippen LogP contribution is -2.53. The number of nitrogens with two attached hydrogens (primary N) is 1. The fourth-order valence-corrected chi connectivity index (χ4v) is 5.08. The lowest BCUT2D eigenvalue weighted by Gasteiger charge is -2.45. The van der Waals surface area contributed by atoms with Crippen LogP contribution < -0.4 is 11.1 Å². The van der Waals surface area contributed by atoms with Gasteiger partial charge in [0.15, 0.2) is 0 Å². The first-order chi connectivity index (χ1) is 13.0. The van der Waals surface area contributed by atoms with Crippen molar-refractivity contribution in [3.63, 3.8) is 0 Å². The van der Waals surface area contributed by atoms with Crippen LogP contribution in [0.2, 0.25) is 0 Å². The minimum atomic E-state index is 0.349. The molecule has 0 spiro atoms. The van der Waals surface area contributed by atoms with Gasteiger partial charge in [0.2, 0.25) is 0 Å². The highest BCUT2D eigenvalue weighted by Gasteiger charge is 2.37. The van der Waals surface area contributed by atoms with E-state index in [1.54, 1.807) is 0 Å². The van der Waals surface area contributed by atoms with Crippen molar-refractivity contribution in [2.45, 2.75) is 104 Å². The second-order valence-electron chi connectivity index (χ2n) is 9.44. The molecule has 154 valence electrons. The number of hydrogen-bond acceptors (Lipinski definition) is 2. The Morgan fingerprint density at radius 2 is 1.89 bits per heavy atom. The fourth-order valence-electron chi connectivity index (χ4n) is 5.08. The monoisotopic (exact) mass is 372 g/mol. The summed E-state index contributed by atoms with van der Waals surface area (Å²) in [5.74, 6) is 0.774. The molecular weight excluding hydrogens is 328 g/mol. The van der Waals surface area contributed by atoms with E-state index in [-0.39, 0.29) is 0 Å². The minimum Gasteiger partial charge on any atom is -0.330 e. The van der Waals surface area contributed by atoms with Crippen molar-refractivity contribution in [3.05, 3.63) is 35.4 Å². The Balaban J connectivity index is 1.99. The van der Waals surface area contributed by atoms with E-state index in [0.717, 1.165) is 12.5 Å². The number of hydrogen-bond donors (Lipinski definition) is 2. The molecule has 2 rings (SSSR count). The first-order valence-electron chi connectivity index (χ1n) is 11.5. The predicted octanol–water partition coefficient (Wildman–Crippen LogP) is 6.01. The number of unbranched alkanes of at least 4 members (excludes halogenated alkanes) is 2. The summed E-state index contributed by atoms with van der Waals surface area (Å²) in [5.41, 5.74) is 8.84. The molecule has 0 saturated carbocycles. The van der Waals surface area contributed by atoms with Gasteiger partial charge in [-0.25, -0.2) is 0 Å². The van der Waals surface area contributed by atoms with E-state index in [1.165, 1.54) is 75.3 Å². The molecule has 4 unspecified atom stereocenters. The molecule has 1 aliphatic rings. The molecule has 0 amide bonds. The van der Waals surface area contributed by atoms with Crippen molar-refractivity contribution >= 4 is 0 Å². The first-order valence-corrected chi connectivity index (χ1v) is 11.5. The third kappa shape index (κ3) is 6.91. The molecule has 1 heterocycles. The zero-order valence-corrected chi connectivity index (χ0v) is 18.4. The summed E-state index contributed by atoms with van der Waals surface area (Å²) in [6.07, 6.45) is 13.0. The molecule has 4 atom stereocenters. The Bertz CT molecular complexity index is 524. The Morgan fingerprint density at radius 1 is 1.15 bits per heavy atom. The van der Waals surface area contributed by atoms with Gasteiger partial charge in [0.05, 0.1) is 0 Å². The summed E-state index contributed by atoms with van der Waals surface area (Å²) in [7, 11) is 0. The van der Waals surface area contributed by atoms with Gasteiger partial charge in [0, 0.05) is 12.1 Å². The van der Waals surface area contributed by atoms with Crippen LogP contribution in [-0.2, 0) is 6.42 Å². The van der Waals surface area contributed by atoms with Crippen molar-refractivity contribution in [3.8, 4) is 0 Å². The van der Waals surface area contributed by atoms with Crippen LogP contribution in [0, 0.1) is 18.3 Å². The lowest BCUT2D eigenvalue weighted by atomic mass is 9.70. The van der Waals surface area contributed by atoms with Crippen LogP contribution in [0.5, 0.6) is 0 Å². The highest BCUT2D eigenvalue weighted by Crippen LogP contribution is 2.38. The molecule has 2 heteroatoms. The zero-order valence-electron chi connectivity index (χ0n) is 18.4. The molecule has 1 fully saturated rings. The van der Waals surface area contributed by atoms with Gasteiger partial charge in [-0.2, -0.15) is 0 Å². The lowest BCUT2D eigenvalue weighted by molar-refractivity contribution is 0.123. The summed E-state index contributed by atoms with van der Waals surface area (Å²) in [4.78, 5) is 0. The Hall–Kier alpha value is -0.860. The summed E-state index contributed by atoms with van der Waals surface area (Å²) < 4.78 is 0. The number of nitrogens with one attached hydrogen (secondary N) is 1. The SMILES string of the molecule is CCCC(C)(Cc1ccc(C)cc1)C1CCCC(C(C)CCCCCN)N1. The molecule has 0 aliphatic carbocycles. The number of piperidine rings is 1. The summed E-state index contributed by atoms with van der Waals surface area (Å²) in [6, 6.07) is 10.5. The quantitative estimate of drug-likeness (QED) is 0.467. The van der Waals surface area contributed by atoms with E-state index in [1.807, 2.05) is 0 Å². The average Bonchev–Trinajstić information content (AvgIpc) is 2.67. The Labute approximate surface area is 168 Å². The van der Waals surface area contributed by atoms with Gasteiger partial charge >= 0.3 is 0 Å². The van der Waals surface area contributed by atoms with Crippen molar-refractivity contribution in [2.24, 2.45) is 17.1 Å². The van der Waals surface area contributed by atoms with Crippen molar-refractivity contribution in [2.75, 3.05) is 6.54 Å². The van der Waals surface area contributed by atoms with Crippen LogP contribution in [0.4, 0.5) is 0 Å². The summed E-state index contributed by atoms with van der Waals surface area (Å²) >= 11 is 0. The topological polar surface area (TPSA) is 38.0 Å². The van der Waals surface area contributed by atoms with Crippen LogP contribution in [0.15, 0.2) is 24.3 Å². The second kappa shape index (κ2) is 11.2. The Morgan fingerprint density at radius 3 is 2.56 bits per heavy atom. The van der Waals surface area contributed by atoms with E-state index >= 15 is 0 Å². The molecule has 1 aromatic rings. The van der Waals surface area contributed by atoms with E-state index in [4.69, 9.17) is 5.73 Å². The minimum absolute atomic E-state index is 0.349. The van der Waals surface area contributed by atoms with Crippen LogP contribution in [0.25, 0.3) is 0 Å². The average molecular weight is 373 g/mol. The molecule has 1 aromatic carbocycles. The van der Waals surface area contributed by atoms with Crippen molar-refractivity contribution in [1.29, 1.82) is 0 Å². The smallest absolute Gasteiger partial charge is 0.0127 e. The zero-order chi connectivity index (χ0) is 19.7. The van der Waals surface area contributed by atoms with Crippen LogP contribution in [0.1, 0.15) is 89.7 Å². The molecule has 1 saturated heterocycles. The third-order valence-electron chi connectivity index (χ3n) is 6.86. The van der Waals surface area contributed by atoms with Gasteiger partial charge < -0.3 is 11.1 Å². The van der Waals surface area contributed by atoms with Gasteiger partial charge in [0.1, 0.15) is 0 Å². The van der Waals surface area contributed by atoms with Crippen molar-refractivity contribution in [1.82, 2.24) is 5.32 Å². The summed E-state index contributed by atoms with van der Waals surface area (Å²) in [6.45, 7) is 10.3. The highest BCUT2D eigenvalue weighted by molar-refractivity contribution is 5.23. The largest absolute Gasteiger partial charge is 0.330 e. The molecular formula is C25H44N2. The van der Waals surface area contributed by atoms with E-state index in [2.05, 4.69) is 57.3 Å². The van der Waals surface area contributed by atoms with Gasteiger partial charge in [-0.3, -0.25) is 0 Å².